The van der Waals surface area contributed by atoms with Crippen LogP contribution < -0.4 is 10.6 Å². The maximum atomic E-state index is 12.4. The summed E-state index contributed by atoms with van der Waals surface area (Å²) in [7, 11) is 0. The van der Waals surface area contributed by atoms with Gasteiger partial charge in [0, 0.05) is 35.8 Å². The predicted molar refractivity (Wildman–Crippen MR) is 114 cm³/mol. The Morgan fingerprint density at radius 1 is 0.966 bits per heavy atom. The van der Waals surface area contributed by atoms with Gasteiger partial charge in [0.05, 0.1) is 0 Å². The molecule has 3 aromatic rings. The molecule has 0 aliphatic heterocycles. The summed E-state index contributed by atoms with van der Waals surface area (Å²) in [6.45, 7) is 2.42. The van der Waals surface area contributed by atoms with Crippen LogP contribution >= 0.6 is 0 Å². The first-order chi connectivity index (χ1) is 13.6. The minimum atomic E-state index is -0.509. The Bertz CT molecular complexity index is 941. The minimum absolute atomic E-state index is 0. The molecule has 6 heteroatoms. The number of hydrogen-bond acceptors (Lipinski definition) is 4. The lowest BCUT2D eigenvalue weighted by Gasteiger charge is -2.09. The summed E-state index contributed by atoms with van der Waals surface area (Å²) in [6.07, 6.45) is 2.80. The first-order valence-corrected chi connectivity index (χ1v) is 8.87. The molecule has 0 aliphatic carbocycles. The summed E-state index contributed by atoms with van der Waals surface area (Å²) in [5.41, 5.74) is 4.02. The monoisotopic (exact) mass is 391 g/mol. The molecule has 0 fully saturated rings. The molecule has 0 bridgehead atoms. The lowest BCUT2D eigenvalue weighted by Crippen LogP contribution is -2.23. The molecule has 0 saturated heterocycles. The van der Waals surface area contributed by atoms with Crippen molar-refractivity contribution in [1.82, 2.24) is 10.3 Å². The highest BCUT2D eigenvalue weighted by molar-refractivity contribution is 6.04. The average molecular weight is 391 g/mol. The predicted octanol–water partition coefficient (Wildman–Crippen LogP) is 4.70. The molecule has 2 amide bonds. The van der Waals surface area contributed by atoms with E-state index in [0.29, 0.717) is 12.1 Å². The van der Waals surface area contributed by atoms with Crippen molar-refractivity contribution in [2.45, 2.75) is 27.5 Å². The van der Waals surface area contributed by atoms with Crippen LogP contribution in [0.3, 0.4) is 0 Å². The largest absolute Gasteiger partial charge is 0.445 e. The normalized spacial score (nSPS) is 9.83. The molecule has 2 N–H and O–H groups in total. The number of para-hydroxylation sites is 1. The van der Waals surface area contributed by atoms with Crippen LogP contribution in [0.15, 0.2) is 73.1 Å². The molecule has 0 aliphatic rings. The quantitative estimate of drug-likeness (QED) is 0.638. The Morgan fingerprint density at radius 2 is 1.72 bits per heavy atom. The van der Waals surface area contributed by atoms with Gasteiger partial charge in [-0.05, 0) is 42.3 Å². The van der Waals surface area contributed by atoms with Crippen molar-refractivity contribution in [2.75, 3.05) is 5.32 Å². The highest BCUT2D eigenvalue weighted by Gasteiger charge is 2.08. The van der Waals surface area contributed by atoms with Crippen LogP contribution in [0.25, 0.3) is 0 Å². The topological polar surface area (TPSA) is 80.3 Å². The average Bonchev–Trinajstić information content (AvgIpc) is 2.73. The number of nitrogens with one attached hydrogen (secondary N) is 2. The van der Waals surface area contributed by atoms with E-state index in [2.05, 4.69) is 15.6 Å². The number of benzene rings is 2. The Labute approximate surface area is 170 Å². The molecule has 1 heterocycles. The van der Waals surface area contributed by atoms with Gasteiger partial charge in [0.1, 0.15) is 6.61 Å². The van der Waals surface area contributed by atoms with Crippen molar-refractivity contribution >= 4 is 17.7 Å². The third-order valence-electron chi connectivity index (χ3n) is 4.14. The van der Waals surface area contributed by atoms with E-state index in [1.807, 2.05) is 37.3 Å². The number of rotatable bonds is 6. The second-order valence-electron chi connectivity index (χ2n) is 6.26. The van der Waals surface area contributed by atoms with Gasteiger partial charge in [-0.25, -0.2) is 4.79 Å². The second-order valence-corrected chi connectivity index (χ2v) is 6.26. The number of carbonyl (C=O) groups is 2. The van der Waals surface area contributed by atoms with E-state index in [1.54, 1.807) is 42.7 Å². The fourth-order valence-corrected chi connectivity index (χ4v) is 2.54. The summed E-state index contributed by atoms with van der Waals surface area (Å²) < 4.78 is 5.14. The van der Waals surface area contributed by atoms with Crippen molar-refractivity contribution < 1.29 is 14.3 Å². The smallest absolute Gasteiger partial charge is 0.407 e. The van der Waals surface area contributed by atoms with Crippen LogP contribution in [-0.2, 0) is 17.9 Å². The van der Waals surface area contributed by atoms with Crippen molar-refractivity contribution in [3.8, 4) is 0 Å². The van der Waals surface area contributed by atoms with Crippen molar-refractivity contribution in [1.29, 1.82) is 0 Å². The van der Waals surface area contributed by atoms with E-state index in [1.165, 1.54) is 0 Å². The second kappa shape index (κ2) is 10.6. The van der Waals surface area contributed by atoms with Gasteiger partial charge in [-0.1, -0.05) is 43.8 Å². The van der Waals surface area contributed by atoms with E-state index in [9.17, 15) is 9.59 Å². The zero-order valence-corrected chi connectivity index (χ0v) is 15.5. The van der Waals surface area contributed by atoms with Gasteiger partial charge in [0.15, 0.2) is 0 Å². The lowest BCUT2D eigenvalue weighted by molar-refractivity contribution is 0.102. The molecule has 3 rings (SSSR count). The van der Waals surface area contributed by atoms with Crippen LogP contribution in [0.2, 0.25) is 0 Å². The number of amides is 2. The molecular weight excluding hydrogens is 366 g/mol. The summed E-state index contributed by atoms with van der Waals surface area (Å²) in [5, 5.41) is 5.58. The van der Waals surface area contributed by atoms with Crippen LogP contribution in [0.1, 0.15) is 34.5 Å². The van der Waals surface area contributed by atoms with Crippen LogP contribution in [0.4, 0.5) is 10.5 Å². The SMILES string of the molecule is C.Cc1ccccc1NC(=O)c1ccc(CNC(=O)OCc2cccnc2)cc1. The number of nitrogens with zero attached hydrogens (tertiary/aromatic N) is 1. The molecule has 6 nitrogen and oxygen atoms in total. The molecule has 1 aromatic heterocycles. The number of anilines is 1. The number of ether oxygens (including phenoxy) is 1. The number of aryl methyl sites for hydroxylation is 1. The van der Waals surface area contributed by atoms with Gasteiger partial charge in [-0.2, -0.15) is 0 Å². The Kier molecular flexibility index (Phi) is 7.91. The van der Waals surface area contributed by atoms with Crippen LogP contribution in [-0.4, -0.2) is 17.0 Å². The molecule has 0 unspecified atom stereocenters. The van der Waals surface area contributed by atoms with Crippen molar-refractivity contribution in [3.63, 3.8) is 0 Å². The molecule has 0 spiro atoms. The highest BCUT2D eigenvalue weighted by Crippen LogP contribution is 2.15. The van der Waals surface area contributed by atoms with Gasteiger partial charge in [0.25, 0.3) is 5.91 Å². The Morgan fingerprint density at radius 3 is 2.41 bits per heavy atom. The fraction of sp³-hybridized carbons (Fsp3) is 0.174. The molecular formula is C23H25N3O3. The van der Waals surface area contributed by atoms with Crippen LogP contribution in [0.5, 0.6) is 0 Å². The maximum absolute atomic E-state index is 12.4. The number of carbonyl (C=O) groups excluding carboxylic acids is 2. The first kappa shape index (κ1) is 21.6. The van der Waals surface area contributed by atoms with Crippen molar-refractivity contribution in [3.05, 3.63) is 95.3 Å². The van der Waals surface area contributed by atoms with Gasteiger partial charge < -0.3 is 15.4 Å². The third kappa shape index (κ3) is 6.46. The van der Waals surface area contributed by atoms with E-state index < -0.39 is 6.09 Å². The first-order valence-electron chi connectivity index (χ1n) is 8.87. The summed E-state index contributed by atoms with van der Waals surface area (Å²) >= 11 is 0. The maximum Gasteiger partial charge on any atom is 0.407 e. The molecule has 0 saturated carbocycles. The molecule has 2 aromatic carbocycles. The number of pyridine rings is 1. The van der Waals surface area contributed by atoms with E-state index in [4.69, 9.17) is 4.74 Å². The van der Waals surface area contributed by atoms with Gasteiger partial charge in [-0.15, -0.1) is 0 Å². The van der Waals surface area contributed by atoms with Crippen LogP contribution in [0, 0.1) is 6.92 Å². The summed E-state index contributed by atoms with van der Waals surface area (Å²) in [6, 6.07) is 18.3. The lowest BCUT2D eigenvalue weighted by atomic mass is 10.1. The molecule has 29 heavy (non-hydrogen) atoms. The number of hydrogen-bond donors (Lipinski definition) is 2. The van der Waals surface area contributed by atoms with Gasteiger partial charge in [-0.3, -0.25) is 9.78 Å². The molecule has 0 atom stereocenters. The number of alkyl carbamates (subject to hydrolysis) is 1. The fourth-order valence-electron chi connectivity index (χ4n) is 2.54. The zero-order valence-electron chi connectivity index (χ0n) is 15.5. The number of aromatic nitrogens is 1. The molecule has 0 radical (unpaired) electrons. The van der Waals surface area contributed by atoms with Gasteiger partial charge >= 0.3 is 6.09 Å². The standard InChI is InChI=1S/C22H21N3O3.CH4/c1-16-5-2-3-7-20(16)25-21(26)19-10-8-17(9-11-19)14-24-22(27)28-15-18-6-4-12-23-13-18;/h2-13H,14-15H2,1H3,(H,24,27)(H,25,26);1H4. The van der Waals surface area contributed by atoms with Crippen molar-refractivity contribution in [2.24, 2.45) is 0 Å². The van der Waals surface area contributed by atoms with E-state index in [-0.39, 0.29) is 19.9 Å². The van der Waals surface area contributed by atoms with Gasteiger partial charge in [0.2, 0.25) is 0 Å². The highest BCUT2D eigenvalue weighted by atomic mass is 16.5. The molecule has 150 valence electrons. The Balaban J connectivity index is 0.00000300. The minimum Gasteiger partial charge on any atom is -0.445 e. The van der Waals surface area contributed by atoms with E-state index in [0.717, 1.165) is 22.4 Å². The summed E-state index contributed by atoms with van der Waals surface area (Å²) in [5.74, 6) is -0.176. The third-order valence-corrected chi connectivity index (χ3v) is 4.14. The summed E-state index contributed by atoms with van der Waals surface area (Å²) in [4.78, 5) is 28.1. The van der Waals surface area contributed by atoms with E-state index >= 15 is 0 Å². The Hall–Kier alpha value is -3.67. The zero-order chi connectivity index (χ0) is 19.8.